The summed E-state index contributed by atoms with van der Waals surface area (Å²) < 4.78 is 0. The zero-order valence-corrected chi connectivity index (χ0v) is 8.61. The molecule has 2 fully saturated rings. The summed E-state index contributed by atoms with van der Waals surface area (Å²) in [5.41, 5.74) is 0. The molecular weight excluding hydrogens is 196 g/mol. The first-order valence-corrected chi connectivity index (χ1v) is 5.44. The van der Waals surface area contributed by atoms with E-state index in [4.69, 9.17) is 5.11 Å². The molecule has 1 aliphatic carbocycles. The minimum atomic E-state index is -0.852. The van der Waals surface area contributed by atoms with Crippen molar-refractivity contribution in [2.45, 2.75) is 31.7 Å². The van der Waals surface area contributed by atoms with E-state index < -0.39 is 5.97 Å². The molecule has 5 heteroatoms. The SMILES string of the molecule is O=C(O)CCN1CC(C2CCC2)NC1=O. The second-order valence-electron chi connectivity index (χ2n) is 4.34. The highest BCUT2D eigenvalue weighted by Crippen LogP contribution is 2.31. The standard InChI is InChI=1S/C10H16N2O3/c13-9(14)4-5-12-6-8(11-10(12)15)7-2-1-3-7/h7-8H,1-6H2,(H,11,15)(H,13,14). The van der Waals surface area contributed by atoms with Crippen LogP contribution in [0.2, 0.25) is 0 Å². The molecule has 0 aromatic heterocycles. The zero-order chi connectivity index (χ0) is 10.8. The first-order valence-electron chi connectivity index (χ1n) is 5.44. The summed E-state index contributed by atoms with van der Waals surface area (Å²) in [6, 6.07) is 0.146. The number of hydrogen-bond donors (Lipinski definition) is 2. The van der Waals surface area contributed by atoms with Crippen LogP contribution in [0.3, 0.4) is 0 Å². The Morgan fingerprint density at radius 3 is 2.80 bits per heavy atom. The molecular formula is C10H16N2O3. The number of urea groups is 1. The van der Waals surface area contributed by atoms with Crippen LogP contribution in [0.15, 0.2) is 0 Å². The summed E-state index contributed by atoms with van der Waals surface area (Å²) in [6.45, 7) is 1.00. The lowest BCUT2D eigenvalue weighted by Crippen LogP contribution is -2.37. The molecule has 0 spiro atoms. The topological polar surface area (TPSA) is 69.6 Å². The number of amides is 2. The normalized spacial score (nSPS) is 26.3. The van der Waals surface area contributed by atoms with Crippen LogP contribution in [0, 0.1) is 5.92 Å². The Hall–Kier alpha value is -1.26. The highest BCUT2D eigenvalue weighted by molar-refractivity contribution is 5.77. The molecule has 2 rings (SSSR count). The molecule has 0 aromatic carbocycles. The van der Waals surface area contributed by atoms with Gasteiger partial charge in [0.05, 0.1) is 12.5 Å². The first kappa shape index (κ1) is 10.3. The van der Waals surface area contributed by atoms with Crippen LogP contribution in [-0.2, 0) is 4.79 Å². The molecule has 1 aliphatic heterocycles. The average Bonchev–Trinajstić information content (AvgIpc) is 2.40. The molecule has 0 aromatic rings. The summed E-state index contributed by atoms with van der Waals surface area (Å²) >= 11 is 0. The number of aliphatic carboxylic acids is 1. The van der Waals surface area contributed by atoms with Gasteiger partial charge < -0.3 is 15.3 Å². The van der Waals surface area contributed by atoms with Crippen molar-refractivity contribution in [2.75, 3.05) is 13.1 Å². The smallest absolute Gasteiger partial charge is 0.317 e. The van der Waals surface area contributed by atoms with Crippen LogP contribution < -0.4 is 5.32 Å². The van der Waals surface area contributed by atoms with Crippen LogP contribution in [0.4, 0.5) is 4.79 Å². The van der Waals surface area contributed by atoms with Crippen LogP contribution in [0.5, 0.6) is 0 Å². The molecule has 15 heavy (non-hydrogen) atoms. The summed E-state index contributed by atoms with van der Waals surface area (Å²) in [5, 5.41) is 11.5. The highest BCUT2D eigenvalue weighted by Gasteiger charge is 2.36. The summed E-state index contributed by atoms with van der Waals surface area (Å²) in [6.07, 6.45) is 3.67. The maximum absolute atomic E-state index is 11.5. The number of rotatable bonds is 4. The van der Waals surface area contributed by atoms with Crippen molar-refractivity contribution in [3.05, 3.63) is 0 Å². The van der Waals surface area contributed by atoms with Crippen LogP contribution in [0.1, 0.15) is 25.7 Å². The van der Waals surface area contributed by atoms with Gasteiger partial charge in [0.2, 0.25) is 0 Å². The highest BCUT2D eigenvalue weighted by atomic mass is 16.4. The maximum Gasteiger partial charge on any atom is 0.317 e. The fourth-order valence-corrected chi connectivity index (χ4v) is 2.15. The van der Waals surface area contributed by atoms with E-state index in [0.717, 1.165) is 0 Å². The van der Waals surface area contributed by atoms with Crippen molar-refractivity contribution in [1.82, 2.24) is 10.2 Å². The molecule has 1 unspecified atom stereocenters. The van der Waals surface area contributed by atoms with Gasteiger partial charge in [-0.2, -0.15) is 0 Å². The predicted octanol–water partition coefficient (Wildman–Crippen LogP) is 0.655. The minimum Gasteiger partial charge on any atom is -0.481 e. The van der Waals surface area contributed by atoms with Gasteiger partial charge in [-0.25, -0.2) is 4.79 Å². The average molecular weight is 212 g/mol. The zero-order valence-electron chi connectivity index (χ0n) is 8.61. The van der Waals surface area contributed by atoms with E-state index in [1.807, 2.05) is 0 Å². The van der Waals surface area contributed by atoms with Gasteiger partial charge in [-0.1, -0.05) is 6.42 Å². The number of hydrogen-bond acceptors (Lipinski definition) is 2. The van der Waals surface area contributed by atoms with E-state index in [-0.39, 0.29) is 18.5 Å². The molecule has 1 heterocycles. The molecule has 0 bridgehead atoms. The van der Waals surface area contributed by atoms with Gasteiger partial charge in [0.25, 0.3) is 0 Å². The van der Waals surface area contributed by atoms with Crippen LogP contribution in [0.25, 0.3) is 0 Å². The lowest BCUT2D eigenvalue weighted by atomic mass is 9.80. The van der Waals surface area contributed by atoms with Gasteiger partial charge in [0.15, 0.2) is 0 Å². The van der Waals surface area contributed by atoms with Crippen molar-refractivity contribution in [1.29, 1.82) is 0 Å². The number of carboxylic acids is 1. The summed E-state index contributed by atoms with van der Waals surface area (Å²) in [7, 11) is 0. The summed E-state index contributed by atoms with van der Waals surface area (Å²) in [5.74, 6) is -0.237. The molecule has 0 radical (unpaired) electrons. The van der Waals surface area contributed by atoms with E-state index in [1.54, 1.807) is 4.90 Å². The number of carboxylic acid groups (broad SMARTS) is 1. The molecule has 1 atom stereocenters. The summed E-state index contributed by atoms with van der Waals surface area (Å²) in [4.78, 5) is 23.5. The number of nitrogens with one attached hydrogen (secondary N) is 1. The van der Waals surface area contributed by atoms with Crippen molar-refractivity contribution >= 4 is 12.0 Å². The number of carbonyl (C=O) groups excluding carboxylic acids is 1. The number of nitrogens with zero attached hydrogens (tertiary/aromatic N) is 1. The third kappa shape index (κ3) is 2.22. The fraction of sp³-hybridized carbons (Fsp3) is 0.800. The van der Waals surface area contributed by atoms with Crippen molar-refractivity contribution in [3.8, 4) is 0 Å². The largest absolute Gasteiger partial charge is 0.481 e. The van der Waals surface area contributed by atoms with Gasteiger partial charge in [0, 0.05) is 13.1 Å². The Labute approximate surface area is 88.4 Å². The van der Waals surface area contributed by atoms with Gasteiger partial charge in [-0.15, -0.1) is 0 Å². The third-order valence-electron chi connectivity index (χ3n) is 3.33. The van der Waals surface area contributed by atoms with E-state index in [2.05, 4.69) is 5.32 Å². The Kier molecular flexibility index (Phi) is 2.79. The second-order valence-corrected chi connectivity index (χ2v) is 4.34. The monoisotopic (exact) mass is 212 g/mol. The molecule has 2 aliphatic rings. The fourth-order valence-electron chi connectivity index (χ4n) is 2.15. The van der Waals surface area contributed by atoms with Crippen molar-refractivity contribution in [2.24, 2.45) is 5.92 Å². The lowest BCUT2D eigenvalue weighted by molar-refractivity contribution is -0.137. The Morgan fingerprint density at radius 2 is 2.27 bits per heavy atom. The van der Waals surface area contributed by atoms with E-state index in [1.165, 1.54) is 19.3 Å². The second kappa shape index (κ2) is 4.08. The van der Waals surface area contributed by atoms with Gasteiger partial charge in [-0.05, 0) is 18.8 Å². The lowest BCUT2D eigenvalue weighted by Gasteiger charge is -2.30. The first-order chi connectivity index (χ1) is 7.16. The molecule has 1 saturated heterocycles. The van der Waals surface area contributed by atoms with Crippen LogP contribution in [-0.4, -0.2) is 41.1 Å². The molecule has 5 nitrogen and oxygen atoms in total. The van der Waals surface area contributed by atoms with Crippen LogP contribution >= 0.6 is 0 Å². The van der Waals surface area contributed by atoms with E-state index in [9.17, 15) is 9.59 Å². The predicted molar refractivity (Wildman–Crippen MR) is 53.5 cm³/mol. The number of carbonyl (C=O) groups is 2. The molecule has 1 saturated carbocycles. The quantitative estimate of drug-likeness (QED) is 0.719. The van der Waals surface area contributed by atoms with Gasteiger partial charge >= 0.3 is 12.0 Å². The van der Waals surface area contributed by atoms with Gasteiger partial charge in [-0.3, -0.25) is 4.79 Å². The third-order valence-corrected chi connectivity index (χ3v) is 3.33. The van der Waals surface area contributed by atoms with E-state index >= 15 is 0 Å². The molecule has 2 N–H and O–H groups in total. The van der Waals surface area contributed by atoms with Crippen molar-refractivity contribution < 1.29 is 14.7 Å². The Bertz CT molecular complexity index is 276. The Morgan fingerprint density at radius 1 is 1.53 bits per heavy atom. The molecule has 84 valence electrons. The van der Waals surface area contributed by atoms with E-state index in [0.29, 0.717) is 19.0 Å². The Balaban J connectivity index is 1.81. The minimum absolute atomic E-state index is 0.0325. The molecule has 2 amide bonds. The maximum atomic E-state index is 11.5. The van der Waals surface area contributed by atoms with Crippen molar-refractivity contribution in [3.63, 3.8) is 0 Å². The van der Waals surface area contributed by atoms with Gasteiger partial charge in [0.1, 0.15) is 0 Å².